The highest BCUT2D eigenvalue weighted by atomic mass is 16.3. The molecule has 4 heteroatoms. The first-order valence-corrected chi connectivity index (χ1v) is 5.28. The summed E-state index contributed by atoms with van der Waals surface area (Å²) < 4.78 is 0. The van der Waals surface area contributed by atoms with Crippen LogP contribution in [0.15, 0.2) is 12.1 Å². The molecule has 0 aromatic carbocycles. The van der Waals surface area contributed by atoms with Crippen LogP contribution in [0.4, 0.5) is 0 Å². The van der Waals surface area contributed by atoms with Crippen LogP contribution in [0, 0.1) is 6.92 Å². The Hall–Kier alpha value is -1.13. The summed E-state index contributed by atoms with van der Waals surface area (Å²) in [7, 11) is 0. The molecule has 2 heterocycles. The molecule has 1 aromatic heterocycles. The molecule has 2 rings (SSSR count). The fourth-order valence-corrected chi connectivity index (χ4v) is 1.94. The minimum atomic E-state index is 0.275. The fourth-order valence-electron chi connectivity index (χ4n) is 1.94. The fraction of sp³-hybridized carbons (Fsp3) is 0.545. The minimum absolute atomic E-state index is 0.275. The molecule has 82 valence electrons. The monoisotopic (exact) mass is 207 g/mol. The number of aromatic nitrogens is 1. The molecule has 1 aliphatic heterocycles. The third-order valence-electron chi connectivity index (χ3n) is 2.77. The lowest BCUT2D eigenvalue weighted by Gasteiger charge is -2.15. The van der Waals surface area contributed by atoms with Gasteiger partial charge in [-0.25, -0.2) is 0 Å². The van der Waals surface area contributed by atoms with Crippen molar-refractivity contribution in [3.05, 3.63) is 23.5 Å². The minimum Gasteiger partial charge on any atom is -0.506 e. The van der Waals surface area contributed by atoms with Gasteiger partial charge in [0, 0.05) is 31.4 Å². The highest BCUT2D eigenvalue weighted by molar-refractivity contribution is 5.27. The topological polar surface area (TPSA) is 62.4 Å². The summed E-state index contributed by atoms with van der Waals surface area (Å²) in [6.45, 7) is 4.52. The van der Waals surface area contributed by atoms with E-state index in [1.807, 2.05) is 13.0 Å². The van der Waals surface area contributed by atoms with Crippen molar-refractivity contribution in [2.75, 3.05) is 13.1 Å². The third-order valence-corrected chi connectivity index (χ3v) is 2.77. The quantitative estimate of drug-likeness (QED) is 0.746. The molecule has 1 saturated heterocycles. The summed E-state index contributed by atoms with van der Waals surface area (Å²) >= 11 is 0. The lowest BCUT2D eigenvalue weighted by atomic mass is 10.2. The first kappa shape index (κ1) is 10.4. The summed E-state index contributed by atoms with van der Waals surface area (Å²) in [5.74, 6) is 0.279. The predicted molar refractivity (Wildman–Crippen MR) is 58.5 cm³/mol. The van der Waals surface area contributed by atoms with Gasteiger partial charge in [-0.1, -0.05) is 0 Å². The molecule has 1 aromatic rings. The molecule has 0 unspecified atom stereocenters. The summed E-state index contributed by atoms with van der Waals surface area (Å²) in [4.78, 5) is 6.56. The Labute approximate surface area is 89.7 Å². The van der Waals surface area contributed by atoms with Crippen LogP contribution >= 0.6 is 0 Å². The van der Waals surface area contributed by atoms with Gasteiger partial charge in [0.2, 0.25) is 0 Å². The SMILES string of the molecule is Cc1ccc(O)c(CN2CC[C@@H](N)C2)n1. The number of hydrogen-bond acceptors (Lipinski definition) is 4. The molecule has 1 aliphatic rings. The molecule has 1 atom stereocenters. The maximum Gasteiger partial charge on any atom is 0.138 e. The number of hydrogen-bond donors (Lipinski definition) is 2. The van der Waals surface area contributed by atoms with Gasteiger partial charge >= 0.3 is 0 Å². The summed E-state index contributed by atoms with van der Waals surface area (Å²) in [6, 6.07) is 3.79. The van der Waals surface area contributed by atoms with E-state index in [4.69, 9.17) is 5.73 Å². The molecule has 0 spiro atoms. The molecule has 0 bridgehead atoms. The van der Waals surface area contributed by atoms with Crippen LogP contribution in [0.3, 0.4) is 0 Å². The van der Waals surface area contributed by atoms with Gasteiger partial charge in [0.05, 0.1) is 5.69 Å². The van der Waals surface area contributed by atoms with E-state index in [2.05, 4.69) is 9.88 Å². The van der Waals surface area contributed by atoms with Crippen molar-refractivity contribution in [2.24, 2.45) is 5.73 Å². The maximum atomic E-state index is 9.64. The van der Waals surface area contributed by atoms with Crippen molar-refractivity contribution >= 4 is 0 Å². The van der Waals surface area contributed by atoms with Gasteiger partial charge in [-0.15, -0.1) is 0 Å². The van der Waals surface area contributed by atoms with Crippen molar-refractivity contribution in [3.8, 4) is 5.75 Å². The van der Waals surface area contributed by atoms with E-state index in [0.717, 1.165) is 30.9 Å². The van der Waals surface area contributed by atoms with Gasteiger partial charge in [-0.2, -0.15) is 0 Å². The average Bonchev–Trinajstić information content (AvgIpc) is 2.58. The number of nitrogens with two attached hydrogens (primary N) is 1. The molecule has 0 saturated carbocycles. The predicted octanol–water partition coefficient (Wildman–Crippen LogP) is 0.629. The average molecular weight is 207 g/mol. The van der Waals surface area contributed by atoms with Gasteiger partial charge in [-0.3, -0.25) is 9.88 Å². The molecular weight excluding hydrogens is 190 g/mol. The molecular formula is C11H17N3O. The van der Waals surface area contributed by atoms with Crippen molar-refractivity contribution in [2.45, 2.75) is 25.9 Å². The zero-order valence-electron chi connectivity index (χ0n) is 8.98. The third kappa shape index (κ3) is 2.46. The van der Waals surface area contributed by atoms with E-state index in [9.17, 15) is 5.11 Å². The van der Waals surface area contributed by atoms with Crippen molar-refractivity contribution in [1.82, 2.24) is 9.88 Å². The van der Waals surface area contributed by atoms with Crippen LogP contribution in [-0.4, -0.2) is 34.1 Å². The van der Waals surface area contributed by atoms with Crippen molar-refractivity contribution in [3.63, 3.8) is 0 Å². The van der Waals surface area contributed by atoms with Crippen molar-refractivity contribution in [1.29, 1.82) is 0 Å². The lowest BCUT2D eigenvalue weighted by Crippen LogP contribution is -2.26. The van der Waals surface area contributed by atoms with Crippen LogP contribution in [0.2, 0.25) is 0 Å². The standard InChI is InChI=1S/C11H17N3O/c1-8-2-3-11(15)10(13-8)7-14-5-4-9(12)6-14/h2-3,9,15H,4-7,12H2,1H3/t9-/m1/s1. The lowest BCUT2D eigenvalue weighted by molar-refractivity contribution is 0.315. The number of likely N-dealkylation sites (tertiary alicyclic amines) is 1. The molecule has 0 amide bonds. The molecule has 3 N–H and O–H groups in total. The van der Waals surface area contributed by atoms with Gasteiger partial charge in [0.25, 0.3) is 0 Å². The highest BCUT2D eigenvalue weighted by Gasteiger charge is 2.20. The van der Waals surface area contributed by atoms with Crippen LogP contribution in [0.1, 0.15) is 17.8 Å². The van der Waals surface area contributed by atoms with Gasteiger partial charge in [-0.05, 0) is 25.5 Å². The number of rotatable bonds is 2. The second-order valence-corrected chi connectivity index (χ2v) is 4.20. The van der Waals surface area contributed by atoms with E-state index < -0.39 is 0 Å². The Morgan fingerprint density at radius 3 is 3.07 bits per heavy atom. The molecule has 0 aliphatic carbocycles. The Morgan fingerprint density at radius 2 is 2.40 bits per heavy atom. The number of aryl methyl sites for hydroxylation is 1. The van der Waals surface area contributed by atoms with Gasteiger partial charge in [0.15, 0.2) is 0 Å². The molecule has 0 radical (unpaired) electrons. The van der Waals surface area contributed by atoms with Crippen LogP contribution < -0.4 is 5.73 Å². The van der Waals surface area contributed by atoms with E-state index in [1.165, 1.54) is 0 Å². The van der Waals surface area contributed by atoms with E-state index >= 15 is 0 Å². The maximum absolute atomic E-state index is 9.64. The van der Waals surface area contributed by atoms with Gasteiger partial charge < -0.3 is 10.8 Å². The number of pyridine rings is 1. The Kier molecular flexibility index (Phi) is 2.88. The van der Waals surface area contributed by atoms with E-state index in [-0.39, 0.29) is 11.8 Å². The van der Waals surface area contributed by atoms with Crippen LogP contribution in [0.25, 0.3) is 0 Å². The second-order valence-electron chi connectivity index (χ2n) is 4.20. The smallest absolute Gasteiger partial charge is 0.138 e. The second kappa shape index (κ2) is 4.16. The highest BCUT2D eigenvalue weighted by Crippen LogP contribution is 2.18. The summed E-state index contributed by atoms with van der Waals surface area (Å²) in [5.41, 5.74) is 7.51. The van der Waals surface area contributed by atoms with E-state index in [1.54, 1.807) is 6.07 Å². The zero-order valence-corrected chi connectivity index (χ0v) is 8.98. The molecule has 15 heavy (non-hydrogen) atoms. The molecule has 4 nitrogen and oxygen atoms in total. The first-order valence-electron chi connectivity index (χ1n) is 5.28. The Bertz CT molecular complexity index is 354. The van der Waals surface area contributed by atoms with Crippen molar-refractivity contribution < 1.29 is 5.11 Å². The normalized spacial score (nSPS) is 22.1. The summed E-state index contributed by atoms with van der Waals surface area (Å²) in [6.07, 6.45) is 1.03. The van der Waals surface area contributed by atoms with Gasteiger partial charge in [0.1, 0.15) is 5.75 Å². The Balaban J connectivity index is 2.07. The molecule has 1 fully saturated rings. The Morgan fingerprint density at radius 1 is 1.60 bits per heavy atom. The zero-order chi connectivity index (χ0) is 10.8. The largest absolute Gasteiger partial charge is 0.506 e. The first-order chi connectivity index (χ1) is 7.15. The van der Waals surface area contributed by atoms with Crippen LogP contribution in [-0.2, 0) is 6.54 Å². The number of nitrogens with zero attached hydrogens (tertiary/aromatic N) is 2. The van der Waals surface area contributed by atoms with E-state index in [0.29, 0.717) is 6.54 Å². The van der Waals surface area contributed by atoms with Crippen LogP contribution in [0.5, 0.6) is 5.75 Å². The summed E-state index contributed by atoms with van der Waals surface area (Å²) in [5, 5.41) is 9.64. The number of aromatic hydroxyl groups is 1.